The highest BCUT2D eigenvalue weighted by Gasteiger charge is 2.26. The molecule has 0 aliphatic rings. The van der Waals surface area contributed by atoms with Crippen LogP contribution in [-0.2, 0) is 4.79 Å². The number of hydrogen-bond acceptors (Lipinski definition) is 3. The molecule has 0 radical (unpaired) electrons. The van der Waals surface area contributed by atoms with E-state index in [4.69, 9.17) is 11.6 Å². The molecule has 0 aromatic carbocycles. The number of pyridine rings is 1. The van der Waals surface area contributed by atoms with Gasteiger partial charge in [-0.05, 0) is 24.5 Å². The van der Waals surface area contributed by atoms with E-state index in [2.05, 4.69) is 18.8 Å². The molecule has 1 rings (SSSR count). The lowest BCUT2D eigenvalue weighted by Crippen LogP contribution is -2.25. The molecule has 2 unspecified atom stereocenters. The average molecular weight is 330 g/mol. The molecule has 0 saturated heterocycles. The van der Waals surface area contributed by atoms with Gasteiger partial charge in [0.15, 0.2) is 0 Å². The van der Waals surface area contributed by atoms with Crippen LogP contribution in [0.3, 0.4) is 0 Å². The first-order valence-corrected chi connectivity index (χ1v) is 8.92. The van der Waals surface area contributed by atoms with Crippen LogP contribution < -0.4 is 0 Å². The summed E-state index contributed by atoms with van der Waals surface area (Å²) in [7, 11) is 0. The maximum atomic E-state index is 11.6. The summed E-state index contributed by atoms with van der Waals surface area (Å²) in [6.45, 7) is 4.25. The summed E-state index contributed by atoms with van der Waals surface area (Å²) in [5, 5.41) is 9.96. The van der Waals surface area contributed by atoms with E-state index in [1.54, 1.807) is 24.0 Å². The quantitative estimate of drug-likeness (QED) is 0.367. The number of aromatic nitrogens is 1. The van der Waals surface area contributed by atoms with Crippen LogP contribution in [0.4, 0.5) is 0 Å². The van der Waals surface area contributed by atoms with Crippen molar-refractivity contribution in [3.8, 4) is 0 Å². The number of unbranched alkanes of at least 4 members (excludes halogenated alkanes) is 2. The van der Waals surface area contributed by atoms with Crippen LogP contribution in [0, 0.1) is 11.8 Å². The minimum atomic E-state index is -0.687. The lowest BCUT2D eigenvalue weighted by molar-refractivity contribution is -0.142. The Morgan fingerprint density at radius 3 is 2.67 bits per heavy atom. The SMILES string of the molecule is CCCCCC(CC)C(CSc1ccc(Cl)nc1)C(=O)O. The van der Waals surface area contributed by atoms with Crippen molar-refractivity contribution in [1.29, 1.82) is 0 Å². The molecule has 0 bridgehead atoms. The fourth-order valence-electron chi connectivity index (χ4n) is 2.39. The van der Waals surface area contributed by atoms with Gasteiger partial charge in [-0.1, -0.05) is 51.1 Å². The fourth-order valence-corrected chi connectivity index (χ4v) is 3.58. The molecule has 0 aliphatic carbocycles. The van der Waals surface area contributed by atoms with Crippen LogP contribution >= 0.6 is 23.4 Å². The van der Waals surface area contributed by atoms with Crippen LogP contribution in [0.25, 0.3) is 0 Å². The Hall–Kier alpha value is -0.740. The van der Waals surface area contributed by atoms with Crippen LogP contribution in [0.15, 0.2) is 23.2 Å². The molecule has 0 saturated carbocycles. The molecule has 1 aromatic rings. The summed E-state index contributed by atoms with van der Waals surface area (Å²) in [5.74, 6) is -0.148. The minimum absolute atomic E-state index is 0.252. The van der Waals surface area contributed by atoms with E-state index >= 15 is 0 Å². The van der Waals surface area contributed by atoms with Crippen molar-refractivity contribution in [1.82, 2.24) is 4.98 Å². The number of carboxylic acid groups (broad SMARTS) is 1. The molecule has 1 heterocycles. The van der Waals surface area contributed by atoms with Crippen LogP contribution in [-0.4, -0.2) is 21.8 Å². The third kappa shape index (κ3) is 6.70. The van der Waals surface area contributed by atoms with Gasteiger partial charge in [0.05, 0.1) is 5.92 Å². The minimum Gasteiger partial charge on any atom is -0.481 e. The number of carbonyl (C=O) groups is 1. The van der Waals surface area contributed by atoms with Gasteiger partial charge in [-0.2, -0.15) is 0 Å². The van der Waals surface area contributed by atoms with Gasteiger partial charge in [0, 0.05) is 16.8 Å². The number of aliphatic carboxylic acids is 1. The molecule has 3 nitrogen and oxygen atoms in total. The second kappa shape index (κ2) is 10.1. The highest BCUT2D eigenvalue weighted by Crippen LogP contribution is 2.29. The predicted molar refractivity (Wildman–Crippen MR) is 89.0 cm³/mol. The first-order chi connectivity index (χ1) is 10.1. The van der Waals surface area contributed by atoms with Crippen molar-refractivity contribution in [2.75, 3.05) is 5.75 Å². The molecular formula is C16H24ClNO2S. The van der Waals surface area contributed by atoms with Crippen LogP contribution in [0.5, 0.6) is 0 Å². The molecule has 0 spiro atoms. The molecule has 118 valence electrons. The maximum Gasteiger partial charge on any atom is 0.307 e. The van der Waals surface area contributed by atoms with E-state index < -0.39 is 5.97 Å². The van der Waals surface area contributed by atoms with Crippen LogP contribution in [0.1, 0.15) is 46.0 Å². The highest BCUT2D eigenvalue weighted by molar-refractivity contribution is 7.99. The number of carboxylic acids is 1. The first kappa shape index (κ1) is 18.3. The second-order valence-electron chi connectivity index (χ2n) is 5.24. The van der Waals surface area contributed by atoms with Gasteiger partial charge in [-0.25, -0.2) is 4.98 Å². The molecular weight excluding hydrogens is 306 g/mol. The summed E-state index contributed by atoms with van der Waals surface area (Å²) in [6, 6.07) is 3.62. The molecule has 0 amide bonds. The molecule has 1 aromatic heterocycles. The number of nitrogens with zero attached hydrogens (tertiary/aromatic N) is 1. The molecule has 21 heavy (non-hydrogen) atoms. The second-order valence-corrected chi connectivity index (χ2v) is 6.72. The predicted octanol–water partition coefficient (Wildman–Crippen LogP) is 5.13. The smallest absolute Gasteiger partial charge is 0.307 e. The summed E-state index contributed by atoms with van der Waals surface area (Å²) in [6.07, 6.45) is 7.08. The zero-order valence-corrected chi connectivity index (χ0v) is 14.3. The molecule has 5 heteroatoms. The largest absolute Gasteiger partial charge is 0.481 e. The average Bonchev–Trinajstić information content (AvgIpc) is 2.47. The van der Waals surface area contributed by atoms with E-state index in [1.165, 1.54) is 12.8 Å². The van der Waals surface area contributed by atoms with E-state index in [0.717, 1.165) is 24.2 Å². The number of rotatable bonds is 10. The van der Waals surface area contributed by atoms with Crippen molar-refractivity contribution >= 4 is 29.3 Å². The summed E-state index contributed by atoms with van der Waals surface area (Å²) in [4.78, 5) is 16.5. The van der Waals surface area contributed by atoms with Crippen molar-refractivity contribution in [2.45, 2.75) is 50.8 Å². The Bertz CT molecular complexity index is 425. The highest BCUT2D eigenvalue weighted by atomic mass is 35.5. The first-order valence-electron chi connectivity index (χ1n) is 7.55. The van der Waals surface area contributed by atoms with Crippen molar-refractivity contribution in [3.63, 3.8) is 0 Å². The normalized spacial score (nSPS) is 13.9. The van der Waals surface area contributed by atoms with Gasteiger partial charge in [-0.15, -0.1) is 11.8 Å². The molecule has 0 aliphatic heterocycles. The van der Waals surface area contributed by atoms with E-state index in [-0.39, 0.29) is 11.8 Å². The van der Waals surface area contributed by atoms with Gasteiger partial charge in [0.25, 0.3) is 0 Å². The van der Waals surface area contributed by atoms with Crippen LogP contribution in [0.2, 0.25) is 5.15 Å². The zero-order chi connectivity index (χ0) is 15.7. The van der Waals surface area contributed by atoms with E-state index in [1.807, 2.05) is 6.07 Å². The van der Waals surface area contributed by atoms with Crippen molar-refractivity contribution in [3.05, 3.63) is 23.5 Å². The molecule has 0 fully saturated rings. The van der Waals surface area contributed by atoms with Gasteiger partial charge >= 0.3 is 5.97 Å². The Morgan fingerprint density at radius 1 is 1.38 bits per heavy atom. The fraction of sp³-hybridized carbons (Fsp3) is 0.625. The molecule has 2 atom stereocenters. The number of halogens is 1. The zero-order valence-electron chi connectivity index (χ0n) is 12.7. The number of hydrogen-bond donors (Lipinski definition) is 1. The summed E-state index contributed by atoms with van der Waals surface area (Å²) in [5.41, 5.74) is 0. The van der Waals surface area contributed by atoms with Gasteiger partial charge in [-0.3, -0.25) is 4.79 Å². The monoisotopic (exact) mass is 329 g/mol. The number of thioether (sulfide) groups is 1. The third-order valence-electron chi connectivity index (χ3n) is 3.72. The molecule has 1 N–H and O–H groups in total. The lowest BCUT2D eigenvalue weighted by Gasteiger charge is -2.22. The Kier molecular flexibility index (Phi) is 8.77. The Morgan fingerprint density at radius 2 is 2.14 bits per heavy atom. The summed E-state index contributed by atoms with van der Waals surface area (Å²) >= 11 is 7.30. The topological polar surface area (TPSA) is 50.2 Å². The van der Waals surface area contributed by atoms with E-state index in [9.17, 15) is 9.90 Å². The Labute approximate surface area is 136 Å². The van der Waals surface area contributed by atoms with Crippen molar-refractivity contribution < 1.29 is 9.90 Å². The lowest BCUT2D eigenvalue weighted by atomic mass is 9.87. The van der Waals surface area contributed by atoms with Gasteiger partial charge < -0.3 is 5.11 Å². The maximum absolute atomic E-state index is 11.6. The Balaban J connectivity index is 2.58. The van der Waals surface area contributed by atoms with Gasteiger partial charge in [0.1, 0.15) is 5.15 Å². The van der Waals surface area contributed by atoms with Gasteiger partial charge in [0.2, 0.25) is 0 Å². The van der Waals surface area contributed by atoms with E-state index in [0.29, 0.717) is 10.9 Å². The standard InChI is InChI=1S/C16H24ClNO2S/c1-3-5-6-7-12(4-2)14(16(19)20)11-21-13-8-9-15(17)18-10-13/h8-10,12,14H,3-7,11H2,1-2H3,(H,19,20). The summed E-state index contributed by atoms with van der Waals surface area (Å²) < 4.78 is 0. The third-order valence-corrected chi connectivity index (χ3v) is 5.04. The van der Waals surface area contributed by atoms with Crippen molar-refractivity contribution in [2.24, 2.45) is 11.8 Å².